The molecule has 3 aromatic heterocycles. The lowest BCUT2D eigenvalue weighted by Crippen LogP contribution is -2.51. The van der Waals surface area contributed by atoms with Gasteiger partial charge in [-0.1, -0.05) is 0 Å². The Morgan fingerprint density at radius 1 is 0.451 bits per heavy atom. The Hall–Kier alpha value is -7.26. The molecule has 0 radical (unpaired) electrons. The fourth-order valence-electron chi connectivity index (χ4n) is 15.0. The first-order valence-corrected chi connectivity index (χ1v) is 29.3. The minimum absolute atomic E-state index is 0.145. The Labute approximate surface area is 482 Å². The lowest BCUT2D eigenvalue weighted by molar-refractivity contribution is -0.0360. The number of Topliss-reactive ketones (excluding diaryl/α,β-unsaturated/α-hetero) is 3. The average Bonchev–Trinajstić information content (AvgIpc) is 4.33. The molecule has 0 amide bonds. The number of carbonyl (C=O) groups is 3. The highest BCUT2D eigenvalue weighted by molar-refractivity contribution is 6.00. The molecule has 6 atom stereocenters. The molecule has 3 N–H and O–H groups in total. The van der Waals surface area contributed by atoms with E-state index < -0.39 is 5.60 Å². The van der Waals surface area contributed by atoms with Crippen molar-refractivity contribution in [3.05, 3.63) is 159 Å². The number of hydrogen-bond acceptors (Lipinski definition) is 12. The van der Waals surface area contributed by atoms with Crippen LogP contribution < -0.4 is 0 Å². The van der Waals surface area contributed by atoms with Crippen LogP contribution in [0.2, 0.25) is 0 Å². The minimum Gasteiger partial charge on any atom is -0.393 e. The Morgan fingerprint density at radius 2 is 0.695 bits per heavy atom. The summed E-state index contributed by atoms with van der Waals surface area (Å²) in [5.74, 6) is 0.444. The Morgan fingerprint density at radius 3 is 0.951 bits per heavy atom. The van der Waals surface area contributed by atoms with Gasteiger partial charge >= 0.3 is 0 Å². The third-order valence-corrected chi connectivity index (χ3v) is 18.8. The van der Waals surface area contributed by atoms with Crippen LogP contribution in [0.4, 0.5) is 0 Å². The SMILES string of the molecule is Cc1cc(C(=O)CN2[C@@H]3CC[C@@H]2CC(C)(O)C3)c(C)n1-c1ccc(C#N)cc1.Cc1cc(C(=O)CN2[C@@H]3CC[C@@H]2CC(O)C3)c(C)n1-c1ccc(C#N)cc1.Cc1cc(C(=O)CN2[C@@H]3CC[C@@H]2CC(O)C3)c(C)n1-c1ccc(C#N)cc1. The number of aryl methyl sites for hydroxylation is 3. The van der Waals surface area contributed by atoms with Crippen LogP contribution in [-0.4, -0.2) is 135 Å². The van der Waals surface area contributed by atoms with Gasteiger partial charge in [-0.05, 0) is 217 Å². The quantitative estimate of drug-likeness (QED) is 0.0979. The number of aliphatic hydroxyl groups is 3. The van der Waals surface area contributed by atoms with Crippen molar-refractivity contribution in [2.24, 2.45) is 0 Å². The molecule has 0 unspecified atom stereocenters. The van der Waals surface area contributed by atoms with Crippen molar-refractivity contribution >= 4 is 17.3 Å². The summed E-state index contributed by atoms with van der Waals surface area (Å²) in [6, 6.07) is 36.6. The number of rotatable bonds is 12. The van der Waals surface area contributed by atoms with Crippen LogP contribution in [-0.2, 0) is 0 Å². The molecule has 0 spiro atoms. The first-order chi connectivity index (χ1) is 39.2. The zero-order valence-corrected chi connectivity index (χ0v) is 48.5. The number of piperidine rings is 3. The molecule has 15 nitrogen and oxygen atoms in total. The molecule has 6 aliphatic rings. The van der Waals surface area contributed by atoms with Crippen LogP contribution in [0.5, 0.6) is 0 Å². The van der Waals surface area contributed by atoms with E-state index >= 15 is 0 Å². The van der Waals surface area contributed by atoms with E-state index in [1.165, 1.54) is 0 Å². The second-order valence-electron chi connectivity index (χ2n) is 24.4. The number of benzene rings is 3. The summed E-state index contributed by atoms with van der Waals surface area (Å²) < 4.78 is 6.22. The van der Waals surface area contributed by atoms with Gasteiger partial charge in [-0.15, -0.1) is 0 Å². The molecule has 6 aromatic rings. The number of aromatic nitrogens is 3. The van der Waals surface area contributed by atoms with Crippen molar-refractivity contribution < 1.29 is 29.7 Å². The normalized spacial score (nSPS) is 25.5. The second-order valence-corrected chi connectivity index (χ2v) is 24.4. The first kappa shape index (κ1) is 58.0. The molecule has 0 aliphatic carbocycles. The van der Waals surface area contributed by atoms with E-state index in [1.807, 2.05) is 103 Å². The topological polar surface area (TPSA) is 208 Å². The van der Waals surface area contributed by atoms with E-state index in [2.05, 4.69) is 46.6 Å². The van der Waals surface area contributed by atoms with Gasteiger partial charge in [0.15, 0.2) is 17.3 Å². The zero-order chi connectivity index (χ0) is 58.3. The number of carbonyl (C=O) groups excluding carboxylic acids is 3. The standard InChI is InChI=1S/C23H27N3O2.2C22H25N3O2/c1-15-10-21(16(2)26(15)18-6-4-17(13-24)5-7-18)22(27)14-25-19-8-9-20(25)12-23(3,28)11-19;2*1-14-9-21(15(2)25(14)17-5-3-16(12-23)4-6-17)22(27)13-24-18-7-8-19(24)11-20(26)10-18/h4-7,10,19-20,28H,8-9,11-12,14H2,1-3H3;2*3-6,9,18-20,26H,7-8,10-11,13H2,1-2H3/t19-,20-;2*18-,19-/m111/s1. The van der Waals surface area contributed by atoms with E-state index in [0.29, 0.717) is 72.6 Å². The summed E-state index contributed by atoms with van der Waals surface area (Å²) in [6.45, 7) is 15.1. The second kappa shape index (κ2) is 23.9. The molecule has 0 saturated carbocycles. The summed E-state index contributed by atoms with van der Waals surface area (Å²) in [5, 5.41) is 57.3. The van der Waals surface area contributed by atoms with Crippen molar-refractivity contribution in [1.82, 2.24) is 28.4 Å². The van der Waals surface area contributed by atoms with E-state index in [4.69, 9.17) is 15.8 Å². The van der Waals surface area contributed by atoms with Gasteiger partial charge in [0.2, 0.25) is 0 Å². The van der Waals surface area contributed by atoms with Gasteiger partial charge < -0.3 is 29.0 Å². The lowest BCUT2D eigenvalue weighted by atomic mass is 9.87. The van der Waals surface area contributed by atoms with Gasteiger partial charge in [0.05, 0.1) is 72.3 Å². The molecule has 9 heterocycles. The summed E-state index contributed by atoms with van der Waals surface area (Å²) in [6.07, 6.45) is 10.7. The van der Waals surface area contributed by atoms with Crippen LogP contribution in [0.3, 0.4) is 0 Å². The van der Waals surface area contributed by atoms with Crippen LogP contribution in [0.15, 0.2) is 91.0 Å². The molecular formula is C67H77N9O6. The van der Waals surface area contributed by atoms with Crippen LogP contribution in [0.1, 0.15) is 166 Å². The summed E-state index contributed by atoms with van der Waals surface area (Å²) >= 11 is 0. The lowest BCUT2D eigenvalue weighted by Gasteiger charge is -2.41. The summed E-state index contributed by atoms with van der Waals surface area (Å²) in [7, 11) is 0. The molecular weight excluding hydrogens is 1030 g/mol. The molecule has 6 aliphatic heterocycles. The first-order valence-electron chi connectivity index (χ1n) is 29.3. The number of nitriles is 3. The monoisotopic (exact) mass is 1100 g/mol. The fourth-order valence-corrected chi connectivity index (χ4v) is 15.0. The molecule has 6 bridgehead atoms. The molecule has 82 heavy (non-hydrogen) atoms. The Balaban J connectivity index is 0.000000138. The number of hydrogen-bond donors (Lipinski definition) is 3. The third kappa shape index (κ3) is 11.9. The van der Waals surface area contributed by atoms with E-state index in [-0.39, 0.29) is 29.6 Å². The smallest absolute Gasteiger partial charge is 0.178 e. The highest BCUT2D eigenvalue weighted by atomic mass is 16.3. The number of nitrogens with zero attached hydrogens (tertiary/aromatic N) is 9. The van der Waals surface area contributed by atoms with Gasteiger partial charge in [0.25, 0.3) is 0 Å². The number of ketones is 3. The van der Waals surface area contributed by atoms with Crippen LogP contribution >= 0.6 is 0 Å². The predicted molar refractivity (Wildman–Crippen MR) is 314 cm³/mol. The molecule has 6 fully saturated rings. The molecule has 15 heteroatoms. The highest BCUT2D eigenvalue weighted by Crippen LogP contribution is 2.41. The third-order valence-electron chi connectivity index (χ3n) is 18.8. The number of fused-ring (bicyclic) bond motifs is 6. The van der Waals surface area contributed by atoms with Gasteiger partial charge in [-0.2, -0.15) is 15.8 Å². The zero-order valence-electron chi connectivity index (χ0n) is 48.5. The fraction of sp³-hybridized carbons (Fsp3) is 0.463. The average molecular weight is 1100 g/mol. The largest absolute Gasteiger partial charge is 0.393 e. The van der Waals surface area contributed by atoms with Gasteiger partial charge in [0.1, 0.15) is 0 Å². The Bertz CT molecular complexity index is 3300. The van der Waals surface area contributed by atoms with Gasteiger partial charge in [-0.3, -0.25) is 29.1 Å². The van der Waals surface area contributed by atoms with Crippen LogP contribution in [0, 0.1) is 75.5 Å². The number of aliphatic hydroxyl groups excluding tert-OH is 2. The van der Waals surface area contributed by atoms with Crippen molar-refractivity contribution in [2.45, 2.75) is 180 Å². The van der Waals surface area contributed by atoms with E-state index in [0.717, 1.165) is 145 Å². The van der Waals surface area contributed by atoms with Gasteiger partial charge in [-0.25, -0.2) is 0 Å². The summed E-state index contributed by atoms with van der Waals surface area (Å²) in [5.41, 5.74) is 12.3. The van der Waals surface area contributed by atoms with E-state index in [1.54, 1.807) is 36.4 Å². The molecule has 12 rings (SSSR count). The van der Waals surface area contributed by atoms with Crippen molar-refractivity contribution in [1.29, 1.82) is 15.8 Å². The summed E-state index contributed by atoms with van der Waals surface area (Å²) in [4.78, 5) is 46.2. The van der Waals surface area contributed by atoms with Crippen LogP contribution in [0.25, 0.3) is 17.1 Å². The molecule has 3 aromatic carbocycles. The molecule has 426 valence electrons. The maximum absolute atomic E-state index is 13.2. The highest BCUT2D eigenvalue weighted by Gasteiger charge is 2.46. The predicted octanol–water partition coefficient (Wildman–Crippen LogP) is 9.80. The van der Waals surface area contributed by atoms with Crippen molar-refractivity contribution in [3.8, 4) is 35.3 Å². The van der Waals surface area contributed by atoms with Crippen molar-refractivity contribution in [3.63, 3.8) is 0 Å². The van der Waals surface area contributed by atoms with Gasteiger partial charge in [0, 0.05) is 104 Å². The Kier molecular flexibility index (Phi) is 16.9. The maximum Gasteiger partial charge on any atom is 0.178 e. The minimum atomic E-state index is -0.600. The maximum atomic E-state index is 13.2. The van der Waals surface area contributed by atoms with Crippen molar-refractivity contribution in [2.75, 3.05) is 19.6 Å². The molecule has 6 saturated heterocycles. The van der Waals surface area contributed by atoms with E-state index in [9.17, 15) is 29.7 Å².